The van der Waals surface area contributed by atoms with Gasteiger partial charge in [-0.3, -0.25) is 4.79 Å². The summed E-state index contributed by atoms with van der Waals surface area (Å²) in [5.74, 6) is 0.233. The van der Waals surface area contributed by atoms with Crippen molar-refractivity contribution in [1.82, 2.24) is 14.9 Å². The normalized spacial score (nSPS) is 14.9. The molecule has 1 fully saturated rings. The number of morpholine rings is 1. The molecule has 2 heterocycles. The lowest BCUT2D eigenvalue weighted by atomic mass is 10.1. The van der Waals surface area contributed by atoms with Crippen LogP contribution in [0.2, 0.25) is 0 Å². The van der Waals surface area contributed by atoms with Gasteiger partial charge in [-0.05, 0) is 29.6 Å². The van der Waals surface area contributed by atoms with Gasteiger partial charge in [0.15, 0.2) is 0 Å². The third-order valence-corrected chi connectivity index (χ3v) is 4.78. The maximum atomic E-state index is 12.7. The lowest BCUT2D eigenvalue weighted by molar-refractivity contribution is 0.0949. The maximum absolute atomic E-state index is 12.7. The molecule has 1 aliphatic rings. The van der Waals surface area contributed by atoms with Crippen LogP contribution in [0, 0.1) is 0 Å². The van der Waals surface area contributed by atoms with E-state index in [-0.39, 0.29) is 5.91 Å². The topological polar surface area (TPSA) is 67.4 Å². The zero-order valence-corrected chi connectivity index (χ0v) is 14.8. The highest BCUT2D eigenvalue weighted by atomic mass is 32.1. The van der Waals surface area contributed by atoms with E-state index in [0.717, 1.165) is 29.3 Å². The number of hydrogen-bond acceptors (Lipinski definition) is 6. The number of amides is 1. The van der Waals surface area contributed by atoms with Gasteiger partial charge in [0.1, 0.15) is 0 Å². The number of nitrogens with zero attached hydrogens (tertiary/aromatic N) is 3. The first-order chi connectivity index (χ1) is 11.7. The minimum atomic E-state index is -0.0693. The molecule has 3 rings (SSSR count). The van der Waals surface area contributed by atoms with E-state index in [1.54, 1.807) is 0 Å². The molecule has 1 N–H and O–H groups in total. The van der Waals surface area contributed by atoms with Crippen LogP contribution in [-0.2, 0) is 11.3 Å². The maximum Gasteiger partial charge on any atom is 0.253 e. The molecule has 0 unspecified atom stereocenters. The van der Waals surface area contributed by atoms with Crippen LogP contribution in [0.5, 0.6) is 0 Å². The summed E-state index contributed by atoms with van der Waals surface area (Å²) in [6.45, 7) is 7.62. The van der Waals surface area contributed by atoms with Crippen LogP contribution >= 0.6 is 11.5 Å². The molecule has 1 aromatic heterocycles. The molecule has 0 aliphatic carbocycles. The van der Waals surface area contributed by atoms with Gasteiger partial charge in [-0.25, -0.2) is 0 Å². The average Bonchev–Trinajstić information content (AvgIpc) is 3.09. The number of hydrogen-bond donors (Lipinski definition) is 1. The molecule has 7 heteroatoms. The lowest BCUT2D eigenvalue weighted by Crippen LogP contribution is -2.37. The van der Waals surface area contributed by atoms with Gasteiger partial charge < -0.3 is 15.0 Å². The minimum absolute atomic E-state index is 0.0693. The first kappa shape index (κ1) is 16.9. The smallest absolute Gasteiger partial charge is 0.253 e. The molecular weight excluding hydrogens is 324 g/mol. The van der Waals surface area contributed by atoms with E-state index in [2.05, 4.69) is 33.7 Å². The van der Waals surface area contributed by atoms with Crippen molar-refractivity contribution in [2.24, 2.45) is 0 Å². The summed E-state index contributed by atoms with van der Waals surface area (Å²) in [4.78, 5) is 15.9. The van der Waals surface area contributed by atoms with Crippen LogP contribution < -0.4 is 10.2 Å². The molecule has 1 saturated heterocycles. The molecule has 0 atom stereocenters. The van der Waals surface area contributed by atoms with Gasteiger partial charge in [0, 0.05) is 18.8 Å². The second kappa shape index (κ2) is 7.72. The Bertz CT molecular complexity index is 695. The third kappa shape index (κ3) is 3.73. The number of carbonyl (C=O) groups excluding carboxylic acids is 1. The summed E-state index contributed by atoms with van der Waals surface area (Å²) >= 11 is 1.34. The van der Waals surface area contributed by atoms with Crippen molar-refractivity contribution < 1.29 is 9.53 Å². The number of para-hydroxylation sites is 1. The second-order valence-corrected chi connectivity index (χ2v) is 6.87. The summed E-state index contributed by atoms with van der Waals surface area (Å²) in [7, 11) is 0. The predicted molar refractivity (Wildman–Crippen MR) is 94.6 cm³/mol. The number of aromatic nitrogens is 2. The van der Waals surface area contributed by atoms with Crippen molar-refractivity contribution >= 4 is 23.1 Å². The van der Waals surface area contributed by atoms with Gasteiger partial charge in [0.25, 0.3) is 5.91 Å². The van der Waals surface area contributed by atoms with Gasteiger partial charge in [-0.2, -0.15) is 0 Å². The van der Waals surface area contributed by atoms with Gasteiger partial charge in [-0.1, -0.05) is 30.5 Å². The molecule has 1 aliphatic heterocycles. The molecule has 1 amide bonds. The molecule has 6 nitrogen and oxygen atoms in total. The Balaban J connectivity index is 1.72. The van der Waals surface area contributed by atoms with E-state index in [1.807, 2.05) is 24.3 Å². The van der Waals surface area contributed by atoms with Crippen molar-refractivity contribution in [2.75, 3.05) is 31.2 Å². The average molecular weight is 346 g/mol. The zero-order valence-electron chi connectivity index (χ0n) is 14.0. The molecule has 0 bridgehead atoms. The van der Waals surface area contributed by atoms with Crippen LogP contribution in [-0.4, -0.2) is 41.8 Å². The molecular formula is C17H22N4O2S. The second-order valence-electron chi connectivity index (χ2n) is 6.04. The van der Waals surface area contributed by atoms with Gasteiger partial charge in [0.2, 0.25) is 0 Å². The first-order valence-electron chi connectivity index (χ1n) is 8.18. The summed E-state index contributed by atoms with van der Waals surface area (Å²) in [5, 5.41) is 7.16. The molecule has 2 aromatic rings. The van der Waals surface area contributed by atoms with Crippen molar-refractivity contribution in [3.63, 3.8) is 0 Å². The summed E-state index contributed by atoms with van der Waals surface area (Å²) < 4.78 is 9.40. The van der Waals surface area contributed by atoms with Crippen LogP contribution in [0.25, 0.3) is 0 Å². The SMILES string of the molecule is CC(C)c1nnsc1CNC(=O)c1ccccc1N1CCOCC1. The zero-order chi connectivity index (χ0) is 16.9. The Morgan fingerprint density at radius 2 is 2.08 bits per heavy atom. The largest absolute Gasteiger partial charge is 0.378 e. The predicted octanol–water partition coefficient (Wildman–Crippen LogP) is 2.43. The third-order valence-electron chi connectivity index (χ3n) is 4.04. The first-order valence-corrected chi connectivity index (χ1v) is 8.95. The number of nitrogens with one attached hydrogen (secondary N) is 1. The number of rotatable bonds is 5. The fourth-order valence-electron chi connectivity index (χ4n) is 2.78. The Hall–Kier alpha value is -1.99. The highest BCUT2D eigenvalue weighted by molar-refractivity contribution is 7.05. The van der Waals surface area contributed by atoms with Crippen molar-refractivity contribution in [3.05, 3.63) is 40.4 Å². The van der Waals surface area contributed by atoms with Crippen molar-refractivity contribution in [3.8, 4) is 0 Å². The van der Waals surface area contributed by atoms with Crippen molar-refractivity contribution in [2.45, 2.75) is 26.3 Å². The van der Waals surface area contributed by atoms with E-state index < -0.39 is 0 Å². The number of carbonyl (C=O) groups is 1. The number of benzene rings is 1. The van der Waals surface area contributed by atoms with E-state index in [1.165, 1.54) is 11.5 Å². The summed E-state index contributed by atoms with van der Waals surface area (Å²) in [5.41, 5.74) is 2.62. The van der Waals surface area contributed by atoms with Crippen LogP contribution in [0.3, 0.4) is 0 Å². The van der Waals surface area contributed by atoms with Crippen LogP contribution in [0.15, 0.2) is 24.3 Å². The lowest BCUT2D eigenvalue weighted by Gasteiger charge is -2.30. The van der Waals surface area contributed by atoms with Gasteiger partial charge in [-0.15, -0.1) is 5.10 Å². The molecule has 128 valence electrons. The van der Waals surface area contributed by atoms with Gasteiger partial charge >= 0.3 is 0 Å². The number of anilines is 1. The summed E-state index contributed by atoms with van der Waals surface area (Å²) in [6, 6.07) is 7.72. The number of ether oxygens (including phenoxy) is 1. The van der Waals surface area contributed by atoms with E-state index in [0.29, 0.717) is 31.2 Å². The Morgan fingerprint density at radius 1 is 1.33 bits per heavy atom. The quantitative estimate of drug-likeness (QED) is 0.901. The fourth-order valence-corrected chi connectivity index (χ4v) is 3.51. The molecule has 0 radical (unpaired) electrons. The van der Waals surface area contributed by atoms with E-state index in [4.69, 9.17) is 4.74 Å². The Kier molecular flexibility index (Phi) is 5.42. The summed E-state index contributed by atoms with van der Waals surface area (Å²) in [6.07, 6.45) is 0. The highest BCUT2D eigenvalue weighted by Crippen LogP contribution is 2.23. The van der Waals surface area contributed by atoms with Crippen LogP contribution in [0.1, 0.15) is 40.7 Å². The molecule has 24 heavy (non-hydrogen) atoms. The van der Waals surface area contributed by atoms with E-state index >= 15 is 0 Å². The molecule has 0 spiro atoms. The Labute approximate surface area is 146 Å². The molecule has 1 aromatic carbocycles. The van der Waals surface area contributed by atoms with Gasteiger partial charge in [0.05, 0.1) is 35.9 Å². The van der Waals surface area contributed by atoms with Crippen molar-refractivity contribution in [1.29, 1.82) is 0 Å². The standard InChI is InChI=1S/C17H22N4O2S/c1-12(2)16-15(24-20-19-16)11-18-17(22)13-5-3-4-6-14(13)21-7-9-23-10-8-21/h3-6,12H,7-11H2,1-2H3,(H,18,22). The monoisotopic (exact) mass is 346 g/mol. The van der Waals surface area contributed by atoms with Crippen LogP contribution in [0.4, 0.5) is 5.69 Å². The Morgan fingerprint density at radius 3 is 2.83 bits per heavy atom. The minimum Gasteiger partial charge on any atom is -0.378 e. The fraction of sp³-hybridized carbons (Fsp3) is 0.471. The van der Waals surface area contributed by atoms with E-state index in [9.17, 15) is 4.79 Å². The highest BCUT2D eigenvalue weighted by Gasteiger charge is 2.19. The molecule has 0 saturated carbocycles.